The number of methoxy groups -OCH3 is 1. The Morgan fingerprint density at radius 3 is 2.62 bits per heavy atom. The number of hydrogen-bond donors (Lipinski definition) is 2. The van der Waals surface area contributed by atoms with E-state index in [9.17, 15) is 9.59 Å². The first-order valence-electron chi connectivity index (χ1n) is 6.34. The van der Waals surface area contributed by atoms with Crippen LogP contribution in [-0.2, 0) is 11.2 Å². The summed E-state index contributed by atoms with van der Waals surface area (Å²) in [7, 11) is 1.53. The maximum absolute atomic E-state index is 12.1. The maximum Gasteiger partial charge on any atom is 0.307 e. The van der Waals surface area contributed by atoms with Crippen molar-refractivity contribution < 1.29 is 19.4 Å². The third-order valence-electron chi connectivity index (χ3n) is 2.87. The van der Waals surface area contributed by atoms with Crippen molar-refractivity contribution in [3.8, 4) is 5.75 Å². The number of aliphatic carboxylic acids is 1. The van der Waals surface area contributed by atoms with Crippen molar-refractivity contribution in [3.05, 3.63) is 59.7 Å². The van der Waals surface area contributed by atoms with E-state index < -0.39 is 5.97 Å². The molecule has 2 aromatic rings. The van der Waals surface area contributed by atoms with Gasteiger partial charge in [0, 0.05) is 11.3 Å². The minimum atomic E-state index is -0.911. The summed E-state index contributed by atoms with van der Waals surface area (Å²) in [5.74, 6) is -0.588. The molecular weight excluding hydrogens is 270 g/mol. The number of hydrogen-bond acceptors (Lipinski definition) is 3. The molecule has 0 aliphatic heterocycles. The summed E-state index contributed by atoms with van der Waals surface area (Å²) in [5, 5.41) is 11.5. The molecule has 5 nitrogen and oxygen atoms in total. The molecule has 0 heterocycles. The van der Waals surface area contributed by atoms with E-state index in [0.29, 0.717) is 22.6 Å². The van der Waals surface area contributed by atoms with Crippen LogP contribution in [0.3, 0.4) is 0 Å². The van der Waals surface area contributed by atoms with E-state index in [4.69, 9.17) is 9.84 Å². The highest BCUT2D eigenvalue weighted by molar-refractivity contribution is 6.04. The van der Waals surface area contributed by atoms with Crippen molar-refractivity contribution in [2.45, 2.75) is 6.42 Å². The van der Waals surface area contributed by atoms with Gasteiger partial charge in [0.1, 0.15) is 5.75 Å². The SMILES string of the molecule is COc1cccc(C(=O)Nc2cccc(CC(=O)O)c2)c1. The lowest BCUT2D eigenvalue weighted by Crippen LogP contribution is -2.12. The lowest BCUT2D eigenvalue weighted by atomic mass is 10.1. The first kappa shape index (κ1) is 14.6. The number of carbonyl (C=O) groups is 2. The molecule has 1 amide bonds. The van der Waals surface area contributed by atoms with E-state index >= 15 is 0 Å². The topological polar surface area (TPSA) is 75.6 Å². The molecular formula is C16H15NO4. The van der Waals surface area contributed by atoms with Gasteiger partial charge in [0.15, 0.2) is 0 Å². The average molecular weight is 285 g/mol. The molecule has 0 aliphatic rings. The molecule has 2 rings (SSSR count). The van der Waals surface area contributed by atoms with Crippen LogP contribution >= 0.6 is 0 Å². The molecule has 0 aliphatic carbocycles. The van der Waals surface area contributed by atoms with E-state index in [1.54, 1.807) is 48.5 Å². The van der Waals surface area contributed by atoms with Gasteiger partial charge in [-0.1, -0.05) is 18.2 Å². The lowest BCUT2D eigenvalue weighted by molar-refractivity contribution is -0.136. The van der Waals surface area contributed by atoms with Gasteiger partial charge in [-0.2, -0.15) is 0 Å². The number of nitrogens with one attached hydrogen (secondary N) is 1. The summed E-state index contributed by atoms with van der Waals surface area (Å²) in [5.41, 5.74) is 1.66. The Bertz CT molecular complexity index is 667. The fourth-order valence-electron chi connectivity index (χ4n) is 1.90. The zero-order valence-corrected chi connectivity index (χ0v) is 11.5. The summed E-state index contributed by atoms with van der Waals surface area (Å²) in [6.45, 7) is 0. The zero-order chi connectivity index (χ0) is 15.2. The summed E-state index contributed by atoms with van der Waals surface area (Å²) >= 11 is 0. The minimum absolute atomic E-state index is 0.0805. The number of anilines is 1. The third-order valence-corrected chi connectivity index (χ3v) is 2.87. The van der Waals surface area contributed by atoms with Crippen molar-refractivity contribution in [3.63, 3.8) is 0 Å². The Labute approximate surface area is 122 Å². The van der Waals surface area contributed by atoms with Crippen LogP contribution in [0.15, 0.2) is 48.5 Å². The number of ether oxygens (including phenoxy) is 1. The van der Waals surface area contributed by atoms with Crippen molar-refractivity contribution in [1.29, 1.82) is 0 Å². The largest absolute Gasteiger partial charge is 0.497 e. The highest BCUT2D eigenvalue weighted by Crippen LogP contribution is 2.16. The third kappa shape index (κ3) is 4.07. The van der Waals surface area contributed by atoms with Crippen LogP contribution in [0.2, 0.25) is 0 Å². The average Bonchev–Trinajstić information content (AvgIpc) is 2.47. The second-order valence-electron chi connectivity index (χ2n) is 4.46. The smallest absolute Gasteiger partial charge is 0.307 e. The van der Waals surface area contributed by atoms with Gasteiger partial charge in [0.25, 0.3) is 5.91 Å². The second-order valence-corrected chi connectivity index (χ2v) is 4.46. The predicted octanol–water partition coefficient (Wildman–Crippen LogP) is 2.57. The molecule has 5 heteroatoms. The molecule has 2 aromatic carbocycles. The van der Waals surface area contributed by atoms with Crippen molar-refractivity contribution in [2.75, 3.05) is 12.4 Å². The van der Waals surface area contributed by atoms with E-state index in [-0.39, 0.29) is 12.3 Å². The van der Waals surface area contributed by atoms with Crippen LogP contribution in [0.4, 0.5) is 5.69 Å². The van der Waals surface area contributed by atoms with Crippen LogP contribution in [0, 0.1) is 0 Å². The molecule has 108 valence electrons. The molecule has 0 saturated carbocycles. The molecule has 21 heavy (non-hydrogen) atoms. The fraction of sp³-hybridized carbons (Fsp3) is 0.125. The Balaban J connectivity index is 2.13. The summed E-state index contributed by atoms with van der Waals surface area (Å²) in [6, 6.07) is 13.6. The Morgan fingerprint density at radius 1 is 1.14 bits per heavy atom. The zero-order valence-electron chi connectivity index (χ0n) is 11.5. The molecule has 0 radical (unpaired) electrons. The van der Waals surface area contributed by atoms with Gasteiger partial charge in [0.2, 0.25) is 0 Å². The van der Waals surface area contributed by atoms with Crippen LogP contribution in [0.1, 0.15) is 15.9 Å². The van der Waals surface area contributed by atoms with E-state index in [1.165, 1.54) is 7.11 Å². The number of carbonyl (C=O) groups excluding carboxylic acids is 1. The Hall–Kier alpha value is -2.82. The van der Waals surface area contributed by atoms with Crippen LogP contribution in [-0.4, -0.2) is 24.1 Å². The Kier molecular flexibility index (Phi) is 4.56. The molecule has 0 saturated heterocycles. The number of benzene rings is 2. The van der Waals surface area contributed by atoms with Gasteiger partial charge in [-0.15, -0.1) is 0 Å². The maximum atomic E-state index is 12.1. The normalized spacial score (nSPS) is 9.95. The number of rotatable bonds is 5. The van der Waals surface area contributed by atoms with Gasteiger partial charge < -0.3 is 15.2 Å². The number of carboxylic acids is 1. The van der Waals surface area contributed by atoms with Crippen molar-refractivity contribution >= 4 is 17.6 Å². The van der Waals surface area contributed by atoms with Gasteiger partial charge in [-0.25, -0.2) is 0 Å². The van der Waals surface area contributed by atoms with E-state index in [2.05, 4.69) is 5.32 Å². The fourth-order valence-corrected chi connectivity index (χ4v) is 1.90. The highest BCUT2D eigenvalue weighted by atomic mass is 16.5. The molecule has 2 N–H and O–H groups in total. The monoisotopic (exact) mass is 285 g/mol. The number of carboxylic acid groups (broad SMARTS) is 1. The predicted molar refractivity (Wildman–Crippen MR) is 78.7 cm³/mol. The molecule has 0 aromatic heterocycles. The van der Waals surface area contributed by atoms with Crippen LogP contribution in [0.5, 0.6) is 5.75 Å². The second kappa shape index (κ2) is 6.56. The quantitative estimate of drug-likeness (QED) is 0.885. The van der Waals surface area contributed by atoms with Crippen molar-refractivity contribution in [2.24, 2.45) is 0 Å². The van der Waals surface area contributed by atoms with Crippen LogP contribution < -0.4 is 10.1 Å². The first-order valence-corrected chi connectivity index (χ1v) is 6.34. The molecule has 0 fully saturated rings. The van der Waals surface area contributed by atoms with E-state index in [0.717, 1.165) is 0 Å². The standard InChI is InChI=1S/C16H15NO4/c1-21-14-7-3-5-12(10-14)16(20)17-13-6-2-4-11(8-13)9-15(18)19/h2-8,10H,9H2,1H3,(H,17,20)(H,18,19). The summed E-state index contributed by atoms with van der Waals surface area (Å²) < 4.78 is 5.07. The van der Waals surface area contributed by atoms with Gasteiger partial charge in [-0.05, 0) is 35.9 Å². The Morgan fingerprint density at radius 2 is 1.90 bits per heavy atom. The minimum Gasteiger partial charge on any atom is -0.497 e. The van der Waals surface area contributed by atoms with Crippen LogP contribution in [0.25, 0.3) is 0 Å². The molecule has 0 bridgehead atoms. The molecule has 0 unspecified atom stereocenters. The summed E-state index contributed by atoms with van der Waals surface area (Å²) in [4.78, 5) is 22.8. The lowest BCUT2D eigenvalue weighted by Gasteiger charge is -2.08. The first-order chi connectivity index (χ1) is 10.1. The van der Waals surface area contributed by atoms with Gasteiger partial charge >= 0.3 is 5.97 Å². The van der Waals surface area contributed by atoms with Gasteiger partial charge in [-0.3, -0.25) is 9.59 Å². The van der Waals surface area contributed by atoms with Crippen molar-refractivity contribution in [1.82, 2.24) is 0 Å². The van der Waals surface area contributed by atoms with Gasteiger partial charge in [0.05, 0.1) is 13.5 Å². The highest BCUT2D eigenvalue weighted by Gasteiger charge is 2.08. The number of amides is 1. The molecule has 0 spiro atoms. The molecule has 0 atom stereocenters. The van der Waals surface area contributed by atoms with E-state index in [1.807, 2.05) is 0 Å². The summed E-state index contributed by atoms with van der Waals surface area (Å²) in [6.07, 6.45) is -0.0805.